The van der Waals surface area contributed by atoms with Gasteiger partial charge in [0, 0.05) is 11.1 Å². The van der Waals surface area contributed by atoms with Crippen LogP contribution >= 0.6 is 23.2 Å². The predicted octanol–water partition coefficient (Wildman–Crippen LogP) is 4.08. The van der Waals surface area contributed by atoms with Gasteiger partial charge in [-0.25, -0.2) is 19.5 Å². The van der Waals surface area contributed by atoms with Crippen molar-refractivity contribution in [2.24, 2.45) is 10.5 Å². The topological polar surface area (TPSA) is 75.4 Å². The summed E-state index contributed by atoms with van der Waals surface area (Å²) in [4.78, 5) is 16.6. The fourth-order valence-electron chi connectivity index (χ4n) is 2.62. The molecule has 0 spiro atoms. The Labute approximate surface area is 155 Å². The van der Waals surface area contributed by atoms with E-state index in [-0.39, 0.29) is 17.5 Å². The summed E-state index contributed by atoms with van der Waals surface area (Å²) in [6, 6.07) is 4.42. The predicted molar refractivity (Wildman–Crippen MR) is 98.1 cm³/mol. The van der Waals surface area contributed by atoms with E-state index in [2.05, 4.69) is 41.3 Å². The third-order valence-electron chi connectivity index (χ3n) is 3.82. The Kier molecular flexibility index (Phi) is 4.71. The van der Waals surface area contributed by atoms with E-state index in [1.807, 2.05) is 0 Å². The Morgan fingerprint density at radius 3 is 2.64 bits per heavy atom. The zero-order valence-electron chi connectivity index (χ0n) is 14.1. The van der Waals surface area contributed by atoms with Crippen molar-refractivity contribution in [3.8, 4) is 0 Å². The molecule has 1 aliphatic rings. The van der Waals surface area contributed by atoms with Crippen molar-refractivity contribution < 1.29 is 4.79 Å². The molecule has 1 N–H and O–H groups in total. The van der Waals surface area contributed by atoms with Gasteiger partial charge in [0.05, 0.1) is 22.3 Å². The van der Waals surface area contributed by atoms with Crippen LogP contribution in [-0.4, -0.2) is 38.1 Å². The molecule has 1 aromatic heterocycles. The minimum absolute atomic E-state index is 0.151. The van der Waals surface area contributed by atoms with Crippen LogP contribution in [-0.2, 0) is 0 Å². The maximum absolute atomic E-state index is 12.6. The van der Waals surface area contributed by atoms with Crippen LogP contribution in [0.25, 0.3) is 0 Å². The summed E-state index contributed by atoms with van der Waals surface area (Å²) in [6.45, 7) is 6.53. The van der Waals surface area contributed by atoms with Gasteiger partial charge in [-0.15, -0.1) is 0 Å². The molecule has 0 fully saturated rings. The molecule has 1 aliphatic heterocycles. The summed E-state index contributed by atoms with van der Waals surface area (Å²) < 4.78 is 1.72. The summed E-state index contributed by atoms with van der Waals surface area (Å²) >= 11 is 11.9. The molecule has 1 unspecified atom stereocenters. The lowest BCUT2D eigenvalue weighted by Crippen LogP contribution is -2.33. The summed E-state index contributed by atoms with van der Waals surface area (Å²) in [6.07, 6.45) is 3.10. The molecule has 9 heteroatoms. The molecule has 1 atom stereocenters. The zero-order valence-corrected chi connectivity index (χ0v) is 15.6. The van der Waals surface area contributed by atoms with E-state index in [1.165, 1.54) is 11.3 Å². The quantitative estimate of drug-likeness (QED) is 0.852. The number of aromatic nitrogens is 3. The Morgan fingerprint density at radius 1 is 1.28 bits per heavy atom. The number of carbonyl (C=O) groups is 1. The van der Waals surface area contributed by atoms with Crippen LogP contribution in [0, 0.1) is 5.41 Å². The Bertz CT molecular complexity index is 813. The number of amides is 2. The van der Waals surface area contributed by atoms with Crippen LogP contribution in [0.3, 0.4) is 0 Å². The summed E-state index contributed by atoms with van der Waals surface area (Å²) in [5.41, 5.74) is 1.20. The Morgan fingerprint density at radius 2 is 2.04 bits per heavy atom. The normalized spacial score (nSPS) is 17.6. The number of urea groups is 1. The van der Waals surface area contributed by atoms with Gasteiger partial charge in [-0.05, 0) is 18.2 Å². The van der Waals surface area contributed by atoms with Crippen molar-refractivity contribution in [1.29, 1.82) is 0 Å². The van der Waals surface area contributed by atoms with E-state index in [0.29, 0.717) is 22.3 Å². The van der Waals surface area contributed by atoms with Crippen LogP contribution in [0.2, 0.25) is 10.0 Å². The van der Waals surface area contributed by atoms with E-state index in [0.717, 1.165) is 5.71 Å². The number of benzene rings is 1. The van der Waals surface area contributed by atoms with E-state index in [9.17, 15) is 4.79 Å². The molecule has 0 bridgehead atoms. The number of rotatable bonds is 2. The zero-order chi connectivity index (χ0) is 18.2. The minimum atomic E-state index is -0.345. The molecular weight excluding hydrogens is 363 g/mol. The first kappa shape index (κ1) is 17.7. The third-order valence-corrected chi connectivity index (χ3v) is 4.56. The lowest BCUT2D eigenvalue weighted by atomic mass is 9.86. The average Bonchev–Trinajstić information content (AvgIpc) is 3.18. The molecule has 3 rings (SSSR count). The highest BCUT2D eigenvalue weighted by molar-refractivity contribution is 6.42. The second-order valence-corrected chi connectivity index (χ2v) is 7.58. The first-order valence-electron chi connectivity index (χ1n) is 7.72. The minimum Gasteiger partial charge on any atom is -0.306 e. The van der Waals surface area contributed by atoms with Crippen molar-refractivity contribution in [3.05, 3.63) is 40.9 Å². The highest BCUT2D eigenvalue weighted by Crippen LogP contribution is 2.31. The molecule has 2 heterocycles. The van der Waals surface area contributed by atoms with Gasteiger partial charge in [-0.2, -0.15) is 10.2 Å². The molecule has 1 aromatic carbocycles. The molecular formula is C16H18Cl2N6O. The maximum atomic E-state index is 12.6. The van der Waals surface area contributed by atoms with Crippen LogP contribution in [0.1, 0.15) is 26.8 Å². The molecule has 2 aromatic rings. The van der Waals surface area contributed by atoms with Crippen LogP contribution < -0.4 is 5.32 Å². The van der Waals surface area contributed by atoms with Crippen LogP contribution in [0.5, 0.6) is 0 Å². The van der Waals surface area contributed by atoms with Gasteiger partial charge >= 0.3 is 6.03 Å². The monoisotopic (exact) mass is 380 g/mol. The number of nitrogens with zero attached hydrogens (tertiary/aromatic N) is 5. The first-order chi connectivity index (χ1) is 11.8. The molecule has 7 nitrogen and oxygen atoms in total. The van der Waals surface area contributed by atoms with Gasteiger partial charge in [0.15, 0.2) is 0 Å². The molecule has 132 valence electrons. The van der Waals surface area contributed by atoms with Crippen molar-refractivity contribution in [2.45, 2.75) is 26.8 Å². The lowest BCUT2D eigenvalue weighted by Gasteiger charge is -2.23. The Hall–Kier alpha value is -2.12. The molecule has 2 amide bonds. The smallest absolute Gasteiger partial charge is 0.306 e. The van der Waals surface area contributed by atoms with E-state index >= 15 is 0 Å². The largest absolute Gasteiger partial charge is 0.342 e. The standard InChI is InChI=1S/C16H18Cl2N6O/c1-16(2,3)14-13(24-9-19-8-20-24)7-23(22-14)15(25)21-10-4-5-11(17)12(18)6-10/h4-6,8-9,13H,7H2,1-3H3,(H,21,25). The number of anilines is 1. The van der Waals surface area contributed by atoms with Gasteiger partial charge in [-0.3, -0.25) is 0 Å². The SMILES string of the molecule is CC(C)(C)C1=NN(C(=O)Nc2ccc(Cl)c(Cl)c2)CC1n1cncn1. The van der Waals surface area contributed by atoms with Crippen molar-refractivity contribution in [1.82, 2.24) is 19.8 Å². The van der Waals surface area contributed by atoms with Crippen LogP contribution in [0.4, 0.5) is 10.5 Å². The number of halogens is 2. The van der Waals surface area contributed by atoms with Gasteiger partial charge in [0.25, 0.3) is 0 Å². The first-order valence-corrected chi connectivity index (χ1v) is 8.48. The third kappa shape index (κ3) is 3.77. The van der Waals surface area contributed by atoms with Gasteiger partial charge < -0.3 is 5.32 Å². The van der Waals surface area contributed by atoms with Crippen molar-refractivity contribution in [2.75, 3.05) is 11.9 Å². The van der Waals surface area contributed by atoms with E-state index in [1.54, 1.807) is 29.2 Å². The molecule has 0 saturated carbocycles. The van der Waals surface area contributed by atoms with E-state index in [4.69, 9.17) is 23.2 Å². The fraction of sp³-hybridized carbons (Fsp3) is 0.375. The lowest BCUT2D eigenvalue weighted by molar-refractivity contribution is 0.215. The number of nitrogens with one attached hydrogen (secondary N) is 1. The summed E-state index contributed by atoms with van der Waals surface area (Å²) in [5.74, 6) is 0. The maximum Gasteiger partial charge on any atom is 0.342 e. The van der Waals surface area contributed by atoms with Gasteiger partial charge in [0.2, 0.25) is 0 Å². The number of hydrazone groups is 1. The highest BCUT2D eigenvalue weighted by Gasteiger charge is 2.38. The Balaban J connectivity index is 1.81. The van der Waals surface area contributed by atoms with E-state index < -0.39 is 0 Å². The van der Waals surface area contributed by atoms with Crippen LogP contribution in [0.15, 0.2) is 36.0 Å². The fourth-order valence-corrected chi connectivity index (χ4v) is 2.91. The van der Waals surface area contributed by atoms with Gasteiger partial charge in [-0.1, -0.05) is 44.0 Å². The molecule has 0 radical (unpaired) electrons. The summed E-state index contributed by atoms with van der Waals surface area (Å²) in [7, 11) is 0. The highest BCUT2D eigenvalue weighted by atomic mass is 35.5. The summed E-state index contributed by atoms with van der Waals surface area (Å²) in [5, 5.41) is 13.7. The van der Waals surface area contributed by atoms with Crippen molar-refractivity contribution in [3.63, 3.8) is 0 Å². The number of hydrogen-bond acceptors (Lipinski definition) is 4. The second kappa shape index (κ2) is 6.65. The molecule has 0 saturated heterocycles. The second-order valence-electron chi connectivity index (χ2n) is 6.77. The van der Waals surface area contributed by atoms with Gasteiger partial charge in [0.1, 0.15) is 18.7 Å². The number of hydrogen-bond donors (Lipinski definition) is 1. The molecule has 25 heavy (non-hydrogen) atoms. The average molecular weight is 381 g/mol. The van der Waals surface area contributed by atoms with Crippen molar-refractivity contribution >= 4 is 40.6 Å². The number of carbonyl (C=O) groups excluding carboxylic acids is 1. The molecule has 0 aliphatic carbocycles.